The maximum absolute atomic E-state index is 11.5. The molecular formula is C13H17ClN2O2. The van der Waals surface area contributed by atoms with Crippen LogP contribution in [0.3, 0.4) is 0 Å². The number of aromatic nitrogens is 1. The Labute approximate surface area is 112 Å². The van der Waals surface area contributed by atoms with E-state index in [1.165, 1.54) is 7.11 Å². The third-order valence-electron chi connectivity index (χ3n) is 3.27. The molecule has 1 aromatic heterocycles. The van der Waals surface area contributed by atoms with Crippen LogP contribution in [0.5, 0.6) is 0 Å². The van der Waals surface area contributed by atoms with Gasteiger partial charge >= 0.3 is 5.97 Å². The Hall–Kier alpha value is -1.13. The lowest BCUT2D eigenvalue weighted by Crippen LogP contribution is -2.38. The molecule has 98 valence electrons. The molecule has 1 fully saturated rings. The van der Waals surface area contributed by atoms with Crippen LogP contribution < -0.4 is 0 Å². The van der Waals surface area contributed by atoms with Crippen molar-refractivity contribution in [1.82, 2.24) is 9.88 Å². The number of carbonyl (C=O) groups excluding carboxylic acids is 1. The Kier molecular flexibility index (Phi) is 4.55. The smallest absolute Gasteiger partial charge is 0.309 e. The maximum atomic E-state index is 11.5. The Morgan fingerprint density at radius 2 is 2.50 bits per heavy atom. The number of hydrogen-bond acceptors (Lipinski definition) is 4. The number of esters is 1. The average Bonchev–Trinajstić information content (AvgIpc) is 2.41. The number of methoxy groups -OCH3 is 1. The fraction of sp³-hybridized carbons (Fsp3) is 0.538. The van der Waals surface area contributed by atoms with Gasteiger partial charge in [0, 0.05) is 24.8 Å². The van der Waals surface area contributed by atoms with Gasteiger partial charge in [-0.3, -0.25) is 9.69 Å². The molecule has 0 radical (unpaired) electrons. The van der Waals surface area contributed by atoms with Crippen molar-refractivity contribution in [2.24, 2.45) is 5.92 Å². The van der Waals surface area contributed by atoms with Crippen LogP contribution in [0.25, 0.3) is 0 Å². The molecule has 1 aliphatic rings. The highest BCUT2D eigenvalue weighted by Gasteiger charge is 2.26. The normalized spacial score (nSPS) is 20.7. The van der Waals surface area contributed by atoms with Gasteiger partial charge in [0.2, 0.25) is 0 Å². The molecule has 0 bridgehead atoms. The number of piperidine rings is 1. The van der Waals surface area contributed by atoms with Gasteiger partial charge in [-0.1, -0.05) is 17.7 Å². The fourth-order valence-electron chi connectivity index (χ4n) is 2.34. The maximum Gasteiger partial charge on any atom is 0.309 e. The first-order valence-electron chi connectivity index (χ1n) is 6.10. The van der Waals surface area contributed by atoms with E-state index in [1.54, 1.807) is 6.20 Å². The molecular weight excluding hydrogens is 252 g/mol. The van der Waals surface area contributed by atoms with Crippen molar-refractivity contribution in [3.05, 3.63) is 29.0 Å². The van der Waals surface area contributed by atoms with Gasteiger partial charge in [0.15, 0.2) is 0 Å². The van der Waals surface area contributed by atoms with Crippen LogP contribution in [-0.2, 0) is 16.1 Å². The minimum absolute atomic E-state index is 0.0146. The van der Waals surface area contributed by atoms with Gasteiger partial charge in [0.05, 0.1) is 13.0 Å². The van der Waals surface area contributed by atoms with Gasteiger partial charge < -0.3 is 4.74 Å². The Balaban J connectivity index is 1.98. The molecule has 0 aliphatic carbocycles. The number of halogens is 1. The van der Waals surface area contributed by atoms with E-state index >= 15 is 0 Å². The van der Waals surface area contributed by atoms with E-state index in [0.29, 0.717) is 5.15 Å². The van der Waals surface area contributed by atoms with Crippen LogP contribution in [-0.4, -0.2) is 36.1 Å². The van der Waals surface area contributed by atoms with Gasteiger partial charge in [0.1, 0.15) is 5.15 Å². The number of carbonyl (C=O) groups is 1. The van der Waals surface area contributed by atoms with Gasteiger partial charge in [-0.25, -0.2) is 4.98 Å². The summed E-state index contributed by atoms with van der Waals surface area (Å²) >= 11 is 6.04. The fourth-order valence-corrected chi connectivity index (χ4v) is 2.52. The third kappa shape index (κ3) is 3.21. The first-order valence-corrected chi connectivity index (χ1v) is 6.48. The zero-order valence-electron chi connectivity index (χ0n) is 10.4. The minimum atomic E-state index is -0.114. The Bertz CT molecular complexity index is 425. The largest absolute Gasteiger partial charge is 0.469 e. The molecule has 2 heterocycles. The van der Waals surface area contributed by atoms with Crippen molar-refractivity contribution < 1.29 is 9.53 Å². The van der Waals surface area contributed by atoms with E-state index < -0.39 is 0 Å². The molecule has 5 heteroatoms. The highest BCUT2D eigenvalue weighted by atomic mass is 35.5. The Morgan fingerprint density at radius 1 is 1.67 bits per heavy atom. The molecule has 2 rings (SSSR count). The molecule has 1 atom stereocenters. The summed E-state index contributed by atoms with van der Waals surface area (Å²) in [6.07, 6.45) is 3.60. The van der Waals surface area contributed by atoms with E-state index in [4.69, 9.17) is 16.3 Å². The van der Waals surface area contributed by atoms with Crippen molar-refractivity contribution in [1.29, 1.82) is 0 Å². The molecule has 1 saturated heterocycles. The monoisotopic (exact) mass is 268 g/mol. The molecule has 0 spiro atoms. The second-order valence-corrected chi connectivity index (χ2v) is 4.91. The van der Waals surface area contributed by atoms with Gasteiger partial charge in [-0.2, -0.15) is 0 Å². The summed E-state index contributed by atoms with van der Waals surface area (Å²) in [7, 11) is 1.44. The summed E-state index contributed by atoms with van der Waals surface area (Å²) in [5.74, 6) is -0.129. The molecule has 0 aromatic carbocycles. The van der Waals surface area contributed by atoms with Crippen molar-refractivity contribution >= 4 is 17.6 Å². The van der Waals surface area contributed by atoms with E-state index in [-0.39, 0.29) is 11.9 Å². The van der Waals surface area contributed by atoms with E-state index in [1.807, 2.05) is 12.1 Å². The number of pyridine rings is 1. The summed E-state index contributed by atoms with van der Waals surface area (Å²) in [5, 5.41) is 0.540. The standard InChI is InChI=1S/C13H17ClN2O2/c1-18-13(17)11-5-3-7-16(9-11)8-10-4-2-6-15-12(10)14/h2,4,6,11H,3,5,7-9H2,1H3/t11-/m0/s1. The molecule has 0 saturated carbocycles. The van der Waals surface area contributed by atoms with Gasteiger partial charge in [-0.15, -0.1) is 0 Å². The van der Waals surface area contributed by atoms with Crippen molar-refractivity contribution in [2.45, 2.75) is 19.4 Å². The van der Waals surface area contributed by atoms with E-state index in [0.717, 1.165) is 38.0 Å². The summed E-state index contributed by atoms with van der Waals surface area (Å²) < 4.78 is 4.81. The molecule has 1 aliphatic heterocycles. The van der Waals surface area contributed by atoms with Crippen molar-refractivity contribution in [3.8, 4) is 0 Å². The lowest BCUT2D eigenvalue weighted by atomic mass is 9.98. The van der Waals surface area contributed by atoms with Crippen LogP contribution in [0.15, 0.2) is 18.3 Å². The summed E-state index contributed by atoms with van der Waals surface area (Å²) in [6, 6.07) is 3.85. The predicted molar refractivity (Wildman–Crippen MR) is 69.3 cm³/mol. The lowest BCUT2D eigenvalue weighted by Gasteiger charge is -2.31. The first-order chi connectivity index (χ1) is 8.70. The van der Waals surface area contributed by atoms with Crippen LogP contribution in [0.1, 0.15) is 18.4 Å². The summed E-state index contributed by atoms with van der Waals surface area (Å²) in [4.78, 5) is 17.8. The quantitative estimate of drug-likeness (QED) is 0.622. The minimum Gasteiger partial charge on any atom is -0.469 e. The Morgan fingerprint density at radius 3 is 3.22 bits per heavy atom. The first kappa shape index (κ1) is 13.3. The van der Waals surface area contributed by atoms with Crippen LogP contribution in [0.4, 0.5) is 0 Å². The highest BCUT2D eigenvalue weighted by Crippen LogP contribution is 2.21. The van der Waals surface area contributed by atoms with Gasteiger partial charge in [-0.05, 0) is 25.5 Å². The molecule has 0 amide bonds. The second-order valence-electron chi connectivity index (χ2n) is 4.55. The van der Waals surface area contributed by atoms with Crippen LogP contribution in [0, 0.1) is 5.92 Å². The average molecular weight is 269 g/mol. The summed E-state index contributed by atoms with van der Waals surface area (Å²) in [6.45, 7) is 2.46. The predicted octanol–water partition coefficient (Wildman–Crippen LogP) is 2.12. The number of hydrogen-bond donors (Lipinski definition) is 0. The third-order valence-corrected chi connectivity index (χ3v) is 3.61. The second kappa shape index (κ2) is 6.16. The lowest BCUT2D eigenvalue weighted by molar-refractivity contribution is -0.147. The zero-order chi connectivity index (χ0) is 13.0. The van der Waals surface area contributed by atoms with Gasteiger partial charge in [0.25, 0.3) is 0 Å². The summed E-state index contributed by atoms with van der Waals surface area (Å²) in [5.41, 5.74) is 1.00. The molecule has 18 heavy (non-hydrogen) atoms. The number of nitrogens with zero attached hydrogens (tertiary/aromatic N) is 2. The van der Waals surface area contributed by atoms with E-state index in [2.05, 4.69) is 9.88 Å². The number of ether oxygens (including phenoxy) is 1. The number of rotatable bonds is 3. The molecule has 0 N–H and O–H groups in total. The SMILES string of the molecule is COC(=O)[C@H]1CCCN(Cc2cccnc2Cl)C1. The highest BCUT2D eigenvalue weighted by molar-refractivity contribution is 6.30. The van der Waals surface area contributed by atoms with Crippen LogP contribution in [0.2, 0.25) is 5.15 Å². The van der Waals surface area contributed by atoms with Crippen molar-refractivity contribution in [3.63, 3.8) is 0 Å². The van der Waals surface area contributed by atoms with Crippen LogP contribution >= 0.6 is 11.6 Å². The molecule has 4 nitrogen and oxygen atoms in total. The zero-order valence-corrected chi connectivity index (χ0v) is 11.2. The molecule has 0 unspecified atom stereocenters. The number of likely N-dealkylation sites (tertiary alicyclic amines) is 1. The van der Waals surface area contributed by atoms with Crippen molar-refractivity contribution in [2.75, 3.05) is 20.2 Å². The van der Waals surface area contributed by atoms with E-state index in [9.17, 15) is 4.79 Å². The topological polar surface area (TPSA) is 42.4 Å². The molecule has 1 aromatic rings.